The maximum atomic E-state index is 12.1. The van der Waals surface area contributed by atoms with Gasteiger partial charge in [-0.25, -0.2) is 13.1 Å². The van der Waals surface area contributed by atoms with E-state index in [1.165, 1.54) is 12.1 Å². The summed E-state index contributed by atoms with van der Waals surface area (Å²) in [6.45, 7) is 6.15. The second kappa shape index (κ2) is 15.2. The zero-order chi connectivity index (χ0) is 21.4. The van der Waals surface area contributed by atoms with Gasteiger partial charge in [-0.15, -0.1) is 0 Å². The molecular weight excluding hydrogens is 404 g/mol. The van der Waals surface area contributed by atoms with E-state index in [0.717, 1.165) is 31.6 Å². The molecule has 0 fully saturated rings. The van der Waals surface area contributed by atoms with Crippen LogP contribution in [0.1, 0.15) is 19.8 Å². The molecule has 0 atom stereocenters. The smallest absolute Gasteiger partial charge is 0.269 e. The summed E-state index contributed by atoms with van der Waals surface area (Å²) in [4.78, 5) is 9.97. The SMILES string of the molecule is CCCOCCCOCCOCCOCCNS(=O)(=O)c1ccc([N+](=O)[O-])cc1. The summed E-state index contributed by atoms with van der Waals surface area (Å²) in [7, 11) is -3.73. The fourth-order valence-electron chi connectivity index (χ4n) is 2.13. The van der Waals surface area contributed by atoms with E-state index in [1.54, 1.807) is 0 Å². The van der Waals surface area contributed by atoms with Crippen LogP contribution in [0, 0.1) is 10.1 Å². The summed E-state index contributed by atoms with van der Waals surface area (Å²) in [6, 6.07) is 4.67. The zero-order valence-corrected chi connectivity index (χ0v) is 17.5. The highest BCUT2D eigenvalue weighted by Crippen LogP contribution is 2.15. The molecule has 0 radical (unpaired) electrons. The minimum absolute atomic E-state index is 0.0386. The number of hydrogen-bond donors (Lipinski definition) is 1. The van der Waals surface area contributed by atoms with Crippen molar-refractivity contribution in [2.45, 2.75) is 24.7 Å². The van der Waals surface area contributed by atoms with E-state index in [0.29, 0.717) is 39.6 Å². The predicted molar refractivity (Wildman–Crippen MR) is 106 cm³/mol. The Bertz CT molecular complexity index is 667. The Morgan fingerprint density at radius 3 is 1.93 bits per heavy atom. The van der Waals surface area contributed by atoms with E-state index < -0.39 is 14.9 Å². The van der Waals surface area contributed by atoms with Gasteiger partial charge in [-0.2, -0.15) is 0 Å². The number of ether oxygens (including phenoxy) is 4. The van der Waals surface area contributed by atoms with Crippen molar-refractivity contribution in [1.82, 2.24) is 4.72 Å². The Kier molecular flexibility index (Phi) is 13.4. The minimum atomic E-state index is -3.73. The van der Waals surface area contributed by atoms with Crippen LogP contribution in [-0.2, 0) is 29.0 Å². The van der Waals surface area contributed by atoms with Gasteiger partial charge >= 0.3 is 0 Å². The number of nitro groups is 1. The Morgan fingerprint density at radius 1 is 0.862 bits per heavy atom. The minimum Gasteiger partial charge on any atom is -0.381 e. The number of nitro benzene ring substituents is 1. The monoisotopic (exact) mass is 434 g/mol. The fraction of sp³-hybridized carbons (Fsp3) is 0.667. The van der Waals surface area contributed by atoms with Crippen molar-refractivity contribution in [2.75, 3.05) is 59.4 Å². The third kappa shape index (κ3) is 11.8. The van der Waals surface area contributed by atoms with E-state index >= 15 is 0 Å². The number of hydrogen-bond acceptors (Lipinski definition) is 8. The van der Waals surface area contributed by atoms with E-state index in [1.807, 2.05) is 0 Å². The Hall–Kier alpha value is -1.63. The molecule has 10 nitrogen and oxygen atoms in total. The van der Waals surface area contributed by atoms with E-state index in [4.69, 9.17) is 18.9 Å². The lowest BCUT2D eigenvalue weighted by Crippen LogP contribution is -2.27. The maximum Gasteiger partial charge on any atom is 0.269 e. The third-order valence-corrected chi connectivity index (χ3v) is 5.04. The highest BCUT2D eigenvalue weighted by molar-refractivity contribution is 7.89. The molecule has 1 aromatic rings. The number of non-ortho nitro benzene ring substituents is 1. The first kappa shape index (κ1) is 25.4. The molecule has 1 aromatic carbocycles. The fourth-order valence-corrected chi connectivity index (χ4v) is 3.14. The van der Waals surface area contributed by atoms with Gasteiger partial charge in [0, 0.05) is 38.5 Å². The lowest BCUT2D eigenvalue weighted by Gasteiger charge is -2.08. The summed E-state index contributed by atoms with van der Waals surface area (Å²) in [5.41, 5.74) is -0.168. The Morgan fingerprint density at radius 2 is 1.38 bits per heavy atom. The van der Waals surface area contributed by atoms with Crippen LogP contribution in [0.3, 0.4) is 0 Å². The summed E-state index contributed by atoms with van der Waals surface area (Å²) >= 11 is 0. The molecule has 0 aromatic heterocycles. The summed E-state index contributed by atoms with van der Waals surface area (Å²) in [5.74, 6) is 0. The van der Waals surface area contributed by atoms with Crippen LogP contribution in [0.5, 0.6) is 0 Å². The summed E-state index contributed by atoms with van der Waals surface area (Å²) in [5, 5.41) is 10.6. The molecule has 0 aliphatic heterocycles. The van der Waals surface area contributed by atoms with Crippen molar-refractivity contribution in [3.05, 3.63) is 34.4 Å². The molecule has 0 saturated carbocycles. The lowest BCUT2D eigenvalue weighted by atomic mass is 10.3. The third-order valence-electron chi connectivity index (χ3n) is 3.57. The van der Waals surface area contributed by atoms with Crippen LogP contribution >= 0.6 is 0 Å². The number of nitrogens with one attached hydrogen (secondary N) is 1. The van der Waals surface area contributed by atoms with Crippen molar-refractivity contribution < 1.29 is 32.3 Å². The number of sulfonamides is 1. The van der Waals surface area contributed by atoms with Crippen LogP contribution < -0.4 is 4.72 Å². The van der Waals surface area contributed by atoms with E-state index in [9.17, 15) is 18.5 Å². The van der Waals surface area contributed by atoms with Gasteiger partial charge in [0.15, 0.2) is 0 Å². The van der Waals surface area contributed by atoms with Gasteiger partial charge in [-0.3, -0.25) is 10.1 Å². The van der Waals surface area contributed by atoms with Crippen LogP contribution in [0.15, 0.2) is 29.2 Å². The second-order valence-electron chi connectivity index (χ2n) is 5.95. The van der Waals surface area contributed by atoms with Gasteiger partial charge in [0.05, 0.1) is 42.9 Å². The Balaban J connectivity index is 1.99. The van der Waals surface area contributed by atoms with Gasteiger partial charge in [0.2, 0.25) is 10.0 Å². The first-order chi connectivity index (χ1) is 14.0. The summed E-state index contributed by atoms with van der Waals surface area (Å²) < 4.78 is 47.9. The van der Waals surface area contributed by atoms with Crippen molar-refractivity contribution in [2.24, 2.45) is 0 Å². The van der Waals surface area contributed by atoms with Gasteiger partial charge in [0.1, 0.15) is 0 Å². The topological polar surface area (TPSA) is 126 Å². The Labute approximate surface area is 171 Å². The van der Waals surface area contributed by atoms with Crippen LogP contribution in [0.25, 0.3) is 0 Å². The normalized spacial score (nSPS) is 11.6. The molecule has 0 aliphatic rings. The predicted octanol–water partition coefficient (Wildman–Crippen LogP) is 1.74. The second-order valence-corrected chi connectivity index (χ2v) is 7.72. The molecule has 0 bridgehead atoms. The molecule has 29 heavy (non-hydrogen) atoms. The van der Waals surface area contributed by atoms with Crippen LogP contribution in [-0.4, -0.2) is 72.7 Å². The van der Waals surface area contributed by atoms with Crippen molar-refractivity contribution in [3.8, 4) is 0 Å². The number of benzene rings is 1. The molecule has 0 saturated heterocycles. The highest BCUT2D eigenvalue weighted by atomic mass is 32.2. The standard InChI is InChI=1S/C18H30N2O8S/c1-2-9-25-10-3-11-26-13-15-28-16-14-27-12-8-19-29(23,24)18-6-4-17(5-7-18)20(21)22/h4-7,19H,2-3,8-16H2,1H3. The van der Waals surface area contributed by atoms with Crippen LogP contribution in [0.4, 0.5) is 5.69 Å². The molecular formula is C18H30N2O8S. The molecule has 0 spiro atoms. The largest absolute Gasteiger partial charge is 0.381 e. The lowest BCUT2D eigenvalue weighted by molar-refractivity contribution is -0.384. The molecule has 166 valence electrons. The highest BCUT2D eigenvalue weighted by Gasteiger charge is 2.15. The molecule has 1 N–H and O–H groups in total. The van der Waals surface area contributed by atoms with Gasteiger partial charge in [-0.05, 0) is 25.0 Å². The van der Waals surface area contributed by atoms with Crippen LogP contribution in [0.2, 0.25) is 0 Å². The van der Waals surface area contributed by atoms with Gasteiger partial charge in [-0.1, -0.05) is 6.92 Å². The van der Waals surface area contributed by atoms with Crippen molar-refractivity contribution >= 4 is 15.7 Å². The zero-order valence-electron chi connectivity index (χ0n) is 16.7. The quantitative estimate of drug-likeness (QED) is 0.210. The average Bonchev–Trinajstić information content (AvgIpc) is 2.71. The van der Waals surface area contributed by atoms with Gasteiger partial charge < -0.3 is 18.9 Å². The molecule has 0 aliphatic carbocycles. The van der Waals surface area contributed by atoms with Gasteiger partial charge in [0.25, 0.3) is 5.69 Å². The molecule has 0 unspecified atom stereocenters. The maximum absolute atomic E-state index is 12.1. The number of nitrogens with zero attached hydrogens (tertiary/aromatic N) is 1. The number of rotatable bonds is 18. The average molecular weight is 435 g/mol. The molecule has 0 heterocycles. The first-order valence-electron chi connectivity index (χ1n) is 9.52. The molecule has 11 heteroatoms. The molecule has 0 amide bonds. The van der Waals surface area contributed by atoms with Crippen molar-refractivity contribution in [3.63, 3.8) is 0 Å². The summed E-state index contributed by atoms with van der Waals surface area (Å²) in [6.07, 6.45) is 1.88. The molecule has 1 rings (SSSR count). The van der Waals surface area contributed by atoms with E-state index in [2.05, 4.69) is 11.6 Å². The van der Waals surface area contributed by atoms with E-state index in [-0.39, 0.29) is 23.7 Å². The first-order valence-corrected chi connectivity index (χ1v) is 11.0. The van der Waals surface area contributed by atoms with Crippen molar-refractivity contribution in [1.29, 1.82) is 0 Å².